The highest BCUT2D eigenvalue weighted by atomic mass is 79.9. The number of nitrogens with zero attached hydrogens (tertiary/aromatic N) is 1. The molecule has 5 heteroatoms. The molecule has 0 saturated heterocycles. The number of ether oxygens (including phenoxy) is 1. The van der Waals surface area contributed by atoms with Gasteiger partial charge in [0, 0.05) is 18.0 Å². The first-order valence-electron chi connectivity index (χ1n) is 5.21. The third kappa shape index (κ3) is 4.41. The maximum absolute atomic E-state index is 9.20. The molecular formula is C11H18BrNO2S. The summed E-state index contributed by atoms with van der Waals surface area (Å²) in [6.45, 7) is 3.60. The minimum Gasteiger partial charge on any atom is -0.486 e. The molecule has 1 unspecified atom stereocenters. The van der Waals surface area contributed by atoms with Crippen molar-refractivity contribution in [1.29, 1.82) is 0 Å². The van der Waals surface area contributed by atoms with Gasteiger partial charge in [0.2, 0.25) is 0 Å². The van der Waals surface area contributed by atoms with E-state index in [0.29, 0.717) is 0 Å². The van der Waals surface area contributed by atoms with E-state index in [1.54, 1.807) is 18.4 Å². The van der Waals surface area contributed by atoms with Crippen LogP contribution in [0.15, 0.2) is 10.5 Å². The first-order chi connectivity index (χ1) is 7.52. The smallest absolute Gasteiger partial charge is 0.188 e. The average molecular weight is 308 g/mol. The molecule has 0 spiro atoms. The van der Waals surface area contributed by atoms with Crippen LogP contribution in [0.2, 0.25) is 0 Å². The molecule has 3 nitrogen and oxygen atoms in total. The van der Waals surface area contributed by atoms with Gasteiger partial charge in [0.05, 0.1) is 17.7 Å². The fourth-order valence-corrected chi connectivity index (χ4v) is 3.14. The van der Waals surface area contributed by atoms with E-state index in [1.165, 1.54) is 4.88 Å². The van der Waals surface area contributed by atoms with Gasteiger partial charge in [-0.3, -0.25) is 0 Å². The molecule has 0 aliphatic heterocycles. The van der Waals surface area contributed by atoms with E-state index in [4.69, 9.17) is 4.74 Å². The van der Waals surface area contributed by atoms with E-state index in [-0.39, 0.29) is 6.10 Å². The average Bonchev–Trinajstić information content (AvgIpc) is 2.55. The Hall–Kier alpha value is -0.100. The highest BCUT2D eigenvalue weighted by Crippen LogP contribution is 2.35. The quantitative estimate of drug-likeness (QED) is 0.877. The van der Waals surface area contributed by atoms with Crippen LogP contribution in [0, 0.1) is 0 Å². The minimum atomic E-state index is -0.230. The molecule has 1 atom stereocenters. The summed E-state index contributed by atoms with van der Waals surface area (Å²) in [7, 11) is 3.74. The number of halogens is 1. The predicted octanol–water partition coefficient (Wildman–Crippen LogP) is 2.72. The lowest BCUT2D eigenvalue weighted by Crippen LogP contribution is -2.21. The Bertz CT molecular complexity index is 328. The van der Waals surface area contributed by atoms with Crippen molar-refractivity contribution in [3.63, 3.8) is 0 Å². The highest BCUT2D eigenvalue weighted by Gasteiger charge is 2.09. The van der Waals surface area contributed by atoms with Crippen LogP contribution < -0.4 is 4.74 Å². The molecule has 1 aromatic heterocycles. The number of hydrogen-bond donors (Lipinski definition) is 1. The molecule has 0 aromatic carbocycles. The first kappa shape index (κ1) is 14.0. The van der Waals surface area contributed by atoms with Gasteiger partial charge in [0.1, 0.15) is 0 Å². The third-order valence-electron chi connectivity index (χ3n) is 2.25. The zero-order valence-corrected chi connectivity index (χ0v) is 12.3. The summed E-state index contributed by atoms with van der Waals surface area (Å²) in [5.41, 5.74) is 0. The third-order valence-corrected chi connectivity index (χ3v) is 4.18. The van der Waals surface area contributed by atoms with Gasteiger partial charge in [-0.2, -0.15) is 0 Å². The summed E-state index contributed by atoms with van der Waals surface area (Å²) < 4.78 is 6.23. The maximum atomic E-state index is 9.20. The van der Waals surface area contributed by atoms with Crippen molar-refractivity contribution in [1.82, 2.24) is 4.90 Å². The van der Waals surface area contributed by atoms with Gasteiger partial charge in [-0.15, -0.1) is 11.3 Å². The lowest BCUT2D eigenvalue weighted by atomic mass is 10.3. The van der Waals surface area contributed by atoms with Gasteiger partial charge in [0.15, 0.2) is 5.06 Å². The molecule has 1 aromatic rings. The van der Waals surface area contributed by atoms with E-state index >= 15 is 0 Å². The standard InChI is InChI=1S/C11H18BrNO2S/c1-8(14)4-5-13(2)7-9-6-10(12)11(15-3)16-9/h6,8,14H,4-5,7H2,1-3H3. The molecule has 0 saturated carbocycles. The Morgan fingerprint density at radius 1 is 1.62 bits per heavy atom. The van der Waals surface area contributed by atoms with E-state index in [1.807, 2.05) is 6.92 Å². The summed E-state index contributed by atoms with van der Waals surface area (Å²) in [6, 6.07) is 2.09. The zero-order chi connectivity index (χ0) is 12.1. The fourth-order valence-electron chi connectivity index (χ4n) is 1.37. The molecule has 16 heavy (non-hydrogen) atoms. The molecular weight excluding hydrogens is 290 g/mol. The molecule has 0 aliphatic carbocycles. The van der Waals surface area contributed by atoms with E-state index in [9.17, 15) is 5.11 Å². The van der Waals surface area contributed by atoms with Crippen molar-refractivity contribution >= 4 is 27.3 Å². The minimum absolute atomic E-state index is 0.230. The lowest BCUT2D eigenvalue weighted by Gasteiger charge is -2.16. The van der Waals surface area contributed by atoms with Gasteiger partial charge in [0.25, 0.3) is 0 Å². The number of aliphatic hydroxyl groups is 1. The Kier molecular flexibility index (Phi) is 5.75. The van der Waals surface area contributed by atoms with Crippen LogP contribution in [-0.4, -0.2) is 36.8 Å². The summed E-state index contributed by atoms with van der Waals surface area (Å²) in [5.74, 6) is 0. The van der Waals surface area contributed by atoms with Crippen LogP contribution in [0.3, 0.4) is 0 Å². The Balaban J connectivity index is 2.46. The molecule has 0 fully saturated rings. The number of thiophene rings is 1. The second-order valence-corrected chi connectivity index (χ2v) is 5.88. The maximum Gasteiger partial charge on any atom is 0.188 e. The predicted molar refractivity (Wildman–Crippen MR) is 71.2 cm³/mol. The topological polar surface area (TPSA) is 32.7 Å². The van der Waals surface area contributed by atoms with E-state index in [2.05, 4.69) is 33.9 Å². The summed E-state index contributed by atoms with van der Waals surface area (Å²) in [4.78, 5) is 3.46. The fraction of sp³-hybridized carbons (Fsp3) is 0.636. The highest BCUT2D eigenvalue weighted by molar-refractivity contribution is 9.10. The molecule has 0 bridgehead atoms. The zero-order valence-electron chi connectivity index (χ0n) is 9.86. The number of aliphatic hydroxyl groups excluding tert-OH is 1. The van der Waals surface area contributed by atoms with Crippen molar-refractivity contribution in [2.24, 2.45) is 0 Å². The molecule has 0 amide bonds. The van der Waals surface area contributed by atoms with E-state index < -0.39 is 0 Å². The molecule has 1 N–H and O–H groups in total. The van der Waals surface area contributed by atoms with Gasteiger partial charge >= 0.3 is 0 Å². The van der Waals surface area contributed by atoms with Gasteiger partial charge in [-0.25, -0.2) is 0 Å². The van der Waals surface area contributed by atoms with Crippen LogP contribution in [-0.2, 0) is 6.54 Å². The number of methoxy groups -OCH3 is 1. The Labute approximate surface area is 109 Å². The SMILES string of the molecule is COc1sc(CN(C)CCC(C)O)cc1Br. The summed E-state index contributed by atoms with van der Waals surface area (Å²) in [6.07, 6.45) is 0.576. The second kappa shape index (κ2) is 6.59. The second-order valence-electron chi connectivity index (χ2n) is 3.93. The van der Waals surface area contributed by atoms with Crippen LogP contribution in [0.4, 0.5) is 0 Å². The van der Waals surface area contributed by atoms with Crippen molar-refractivity contribution in [2.75, 3.05) is 20.7 Å². The van der Waals surface area contributed by atoms with Gasteiger partial charge in [-0.05, 0) is 42.4 Å². The Morgan fingerprint density at radius 3 is 2.81 bits per heavy atom. The largest absolute Gasteiger partial charge is 0.486 e. The van der Waals surface area contributed by atoms with Gasteiger partial charge < -0.3 is 14.7 Å². The molecule has 0 radical (unpaired) electrons. The van der Waals surface area contributed by atoms with Crippen molar-refractivity contribution in [2.45, 2.75) is 26.0 Å². The number of hydrogen-bond acceptors (Lipinski definition) is 4. The molecule has 0 aliphatic rings. The number of rotatable bonds is 6. The van der Waals surface area contributed by atoms with Crippen LogP contribution in [0.5, 0.6) is 5.06 Å². The summed E-state index contributed by atoms with van der Waals surface area (Å²) in [5, 5.41) is 10.1. The first-order valence-corrected chi connectivity index (χ1v) is 6.82. The Morgan fingerprint density at radius 2 is 2.31 bits per heavy atom. The molecule has 92 valence electrons. The molecule has 1 rings (SSSR count). The van der Waals surface area contributed by atoms with Crippen LogP contribution in [0.25, 0.3) is 0 Å². The lowest BCUT2D eigenvalue weighted by molar-refractivity contribution is 0.163. The van der Waals surface area contributed by atoms with Crippen molar-refractivity contribution < 1.29 is 9.84 Å². The van der Waals surface area contributed by atoms with E-state index in [0.717, 1.165) is 29.0 Å². The summed E-state index contributed by atoms with van der Waals surface area (Å²) >= 11 is 5.11. The molecule has 1 heterocycles. The van der Waals surface area contributed by atoms with Crippen LogP contribution >= 0.6 is 27.3 Å². The monoisotopic (exact) mass is 307 g/mol. The van der Waals surface area contributed by atoms with Crippen molar-refractivity contribution in [3.8, 4) is 5.06 Å². The van der Waals surface area contributed by atoms with Gasteiger partial charge in [-0.1, -0.05) is 0 Å². The normalized spacial score (nSPS) is 13.1. The van der Waals surface area contributed by atoms with Crippen molar-refractivity contribution in [3.05, 3.63) is 15.4 Å². The van der Waals surface area contributed by atoms with Crippen LogP contribution in [0.1, 0.15) is 18.2 Å².